The van der Waals surface area contributed by atoms with Gasteiger partial charge in [0, 0.05) is 18.1 Å². The van der Waals surface area contributed by atoms with Crippen LogP contribution in [0.1, 0.15) is 12.5 Å². The number of rotatable bonds is 2. The van der Waals surface area contributed by atoms with Crippen LogP contribution in [0.2, 0.25) is 0 Å². The summed E-state index contributed by atoms with van der Waals surface area (Å²) in [6.45, 7) is 2.03. The molecule has 1 atom stereocenters. The molecule has 1 aliphatic heterocycles. The summed E-state index contributed by atoms with van der Waals surface area (Å²) in [6, 6.07) is 0.423. The zero-order valence-electron chi connectivity index (χ0n) is 8.13. The van der Waals surface area contributed by atoms with Crippen molar-refractivity contribution in [3.05, 3.63) is 17.8 Å². The summed E-state index contributed by atoms with van der Waals surface area (Å²) in [5.74, 6) is 0. The Labute approximate surface area is 91.1 Å². The Balaban J connectivity index is 1.98. The molecule has 15 heavy (non-hydrogen) atoms. The Hall–Kier alpha value is -1.27. The first-order chi connectivity index (χ1) is 7.45. The lowest BCUT2D eigenvalue weighted by Gasteiger charge is -2.10. The fraction of sp³-hybridized carbons (Fsp3) is 0.444. The molecule has 0 radical (unpaired) electrons. The van der Waals surface area contributed by atoms with Crippen molar-refractivity contribution in [2.45, 2.75) is 12.5 Å². The molecule has 5 nitrogen and oxygen atoms in total. The highest BCUT2D eigenvalue weighted by Crippen LogP contribution is 2.25. The zero-order valence-corrected chi connectivity index (χ0v) is 8.94. The van der Waals surface area contributed by atoms with E-state index in [1.54, 1.807) is 17.5 Å². The number of thiazole rings is 1. The van der Waals surface area contributed by atoms with Crippen LogP contribution in [0.25, 0.3) is 10.7 Å². The third-order valence-electron chi connectivity index (χ3n) is 2.61. The molecule has 1 aliphatic rings. The summed E-state index contributed by atoms with van der Waals surface area (Å²) >= 11 is 1.62. The van der Waals surface area contributed by atoms with E-state index in [1.807, 2.05) is 16.3 Å². The van der Waals surface area contributed by atoms with Gasteiger partial charge in [-0.1, -0.05) is 5.21 Å². The minimum atomic E-state index is 0.423. The lowest BCUT2D eigenvalue weighted by Crippen LogP contribution is -2.15. The van der Waals surface area contributed by atoms with Crippen LogP contribution < -0.4 is 5.32 Å². The molecule has 0 aliphatic carbocycles. The van der Waals surface area contributed by atoms with Gasteiger partial charge in [0.25, 0.3) is 0 Å². The van der Waals surface area contributed by atoms with E-state index >= 15 is 0 Å². The number of hydrogen-bond donors (Lipinski definition) is 1. The molecule has 0 bridgehead atoms. The Morgan fingerprint density at radius 3 is 3.27 bits per heavy atom. The van der Waals surface area contributed by atoms with Crippen molar-refractivity contribution >= 4 is 11.3 Å². The van der Waals surface area contributed by atoms with Gasteiger partial charge in [0.1, 0.15) is 10.7 Å². The molecule has 2 aromatic rings. The molecule has 3 heterocycles. The Morgan fingerprint density at radius 1 is 1.53 bits per heavy atom. The maximum atomic E-state index is 4.29. The van der Waals surface area contributed by atoms with Crippen LogP contribution in [0.15, 0.2) is 17.8 Å². The number of nitrogens with zero attached hydrogens (tertiary/aromatic N) is 4. The SMILES string of the molecule is c1csc(-c2cnnn2C2CCNC2)n1. The van der Waals surface area contributed by atoms with E-state index < -0.39 is 0 Å². The van der Waals surface area contributed by atoms with Gasteiger partial charge in [-0.25, -0.2) is 9.67 Å². The van der Waals surface area contributed by atoms with Gasteiger partial charge in [-0.3, -0.25) is 0 Å². The van der Waals surface area contributed by atoms with E-state index in [1.165, 1.54) is 0 Å². The van der Waals surface area contributed by atoms with Crippen LogP contribution in [0.4, 0.5) is 0 Å². The summed E-state index contributed by atoms with van der Waals surface area (Å²) in [5, 5.41) is 14.4. The molecule has 0 saturated carbocycles. The summed E-state index contributed by atoms with van der Waals surface area (Å²) in [4.78, 5) is 4.29. The van der Waals surface area contributed by atoms with Gasteiger partial charge < -0.3 is 5.32 Å². The molecular formula is C9H11N5S. The number of aromatic nitrogens is 4. The van der Waals surface area contributed by atoms with Gasteiger partial charge in [-0.15, -0.1) is 16.4 Å². The van der Waals surface area contributed by atoms with Crippen LogP contribution >= 0.6 is 11.3 Å². The third-order valence-corrected chi connectivity index (χ3v) is 3.40. The first-order valence-corrected chi connectivity index (χ1v) is 5.84. The van der Waals surface area contributed by atoms with E-state index in [4.69, 9.17) is 0 Å². The van der Waals surface area contributed by atoms with Crippen molar-refractivity contribution in [1.82, 2.24) is 25.3 Å². The second-order valence-corrected chi connectivity index (χ2v) is 4.44. The van der Waals surface area contributed by atoms with Crippen LogP contribution in [0.3, 0.4) is 0 Å². The maximum Gasteiger partial charge on any atom is 0.143 e. The molecule has 0 amide bonds. The highest BCUT2D eigenvalue weighted by molar-refractivity contribution is 7.13. The Morgan fingerprint density at radius 2 is 2.53 bits per heavy atom. The topological polar surface area (TPSA) is 55.6 Å². The van der Waals surface area contributed by atoms with Crippen molar-refractivity contribution in [2.24, 2.45) is 0 Å². The lowest BCUT2D eigenvalue weighted by molar-refractivity contribution is 0.480. The quantitative estimate of drug-likeness (QED) is 0.820. The van der Waals surface area contributed by atoms with Crippen molar-refractivity contribution in [1.29, 1.82) is 0 Å². The first kappa shape index (κ1) is 8.99. The van der Waals surface area contributed by atoms with Crippen LogP contribution in [0, 0.1) is 0 Å². The van der Waals surface area contributed by atoms with Crippen LogP contribution in [0.5, 0.6) is 0 Å². The van der Waals surface area contributed by atoms with Crippen molar-refractivity contribution in [3.8, 4) is 10.7 Å². The van der Waals surface area contributed by atoms with Gasteiger partial charge in [0.05, 0.1) is 12.2 Å². The molecule has 78 valence electrons. The van der Waals surface area contributed by atoms with E-state index in [-0.39, 0.29) is 0 Å². The summed E-state index contributed by atoms with van der Waals surface area (Å²) in [5.41, 5.74) is 1.03. The zero-order chi connectivity index (χ0) is 10.1. The first-order valence-electron chi connectivity index (χ1n) is 4.96. The predicted octanol–water partition coefficient (Wildman–Crippen LogP) is 0.936. The monoisotopic (exact) mass is 221 g/mol. The van der Waals surface area contributed by atoms with Crippen molar-refractivity contribution in [2.75, 3.05) is 13.1 Å². The smallest absolute Gasteiger partial charge is 0.143 e. The summed E-state index contributed by atoms with van der Waals surface area (Å²) < 4.78 is 1.98. The molecule has 1 saturated heterocycles. The largest absolute Gasteiger partial charge is 0.315 e. The van der Waals surface area contributed by atoms with Crippen LogP contribution in [-0.4, -0.2) is 33.1 Å². The van der Waals surface area contributed by atoms with Gasteiger partial charge in [0.2, 0.25) is 0 Å². The van der Waals surface area contributed by atoms with E-state index in [9.17, 15) is 0 Å². The molecule has 1 N–H and O–H groups in total. The van der Waals surface area contributed by atoms with Crippen LogP contribution in [-0.2, 0) is 0 Å². The minimum Gasteiger partial charge on any atom is -0.315 e. The summed E-state index contributed by atoms with van der Waals surface area (Å²) in [7, 11) is 0. The van der Waals surface area contributed by atoms with Gasteiger partial charge >= 0.3 is 0 Å². The normalized spacial score (nSPS) is 20.9. The Kier molecular flexibility index (Phi) is 2.22. The highest BCUT2D eigenvalue weighted by atomic mass is 32.1. The average Bonchev–Trinajstić information content (AvgIpc) is 3.01. The fourth-order valence-corrected chi connectivity index (χ4v) is 2.50. The van der Waals surface area contributed by atoms with E-state index in [0.29, 0.717) is 6.04 Å². The molecular weight excluding hydrogens is 210 g/mol. The van der Waals surface area contributed by atoms with Crippen molar-refractivity contribution < 1.29 is 0 Å². The van der Waals surface area contributed by atoms with E-state index in [0.717, 1.165) is 30.2 Å². The molecule has 1 unspecified atom stereocenters. The molecule has 0 aromatic carbocycles. The van der Waals surface area contributed by atoms with Gasteiger partial charge in [-0.2, -0.15) is 0 Å². The predicted molar refractivity (Wildman–Crippen MR) is 57.7 cm³/mol. The molecule has 3 rings (SSSR count). The molecule has 2 aromatic heterocycles. The lowest BCUT2D eigenvalue weighted by atomic mass is 10.2. The second kappa shape index (κ2) is 3.71. The number of hydrogen-bond acceptors (Lipinski definition) is 5. The average molecular weight is 221 g/mol. The van der Waals surface area contributed by atoms with Crippen molar-refractivity contribution in [3.63, 3.8) is 0 Å². The second-order valence-electron chi connectivity index (χ2n) is 3.55. The van der Waals surface area contributed by atoms with Gasteiger partial charge in [0.15, 0.2) is 0 Å². The molecule has 1 fully saturated rings. The third kappa shape index (κ3) is 1.55. The molecule has 6 heteroatoms. The fourth-order valence-electron chi connectivity index (χ4n) is 1.86. The maximum absolute atomic E-state index is 4.29. The minimum absolute atomic E-state index is 0.423. The van der Waals surface area contributed by atoms with Gasteiger partial charge in [-0.05, 0) is 13.0 Å². The Bertz CT molecular complexity index is 429. The number of nitrogens with one attached hydrogen (secondary N) is 1. The molecule has 0 spiro atoms. The summed E-state index contributed by atoms with van der Waals surface area (Å²) in [6.07, 6.45) is 4.71. The highest BCUT2D eigenvalue weighted by Gasteiger charge is 2.21. The standard InChI is InChI=1S/C9H11N5S/c1-2-10-5-7(1)14-8(6-12-13-14)9-11-3-4-15-9/h3-4,6-7,10H,1-2,5H2. The van der Waals surface area contributed by atoms with E-state index in [2.05, 4.69) is 20.6 Å².